The summed E-state index contributed by atoms with van der Waals surface area (Å²) in [6.45, 7) is 2.99. The van der Waals surface area contributed by atoms with Gasteiger partial charge in [0.25, 0.3) is 11.8 Å². The molecular formula is C20H20ClN3O5. The van der Waals surface area contributed by atoms with E-state index >= 15 is 0 Å². The molecule has 4 amide bonds. The number of rotatable bonds is 6. The van der Waals surface area contributed by atoms with Gasteiger partial charge in [-0.05, 0) is 55.3 Å². The molecular weight excluding hydrogens is 398 g/mol. The van der Waals surface area contributed by atoms with E-state index in [1.54, 1.807) is 49.4 Å². The first-order valence-corrected chi connectivity index (χ1v) is 9.12. The lowest BCUT2D eigenvalue weighted by atomic mass is 9.92. The highest BCUT2D eigenvalue weighted by molar-refractivity contribution is 6.31. The highest BCUT2D eigenvalue weighted by Gasteiger charge is 2.50. The summed E-state index contributed by atoms with van der Waals surface area (Å²) >= 11 is 5.95. The van der Waals surface area contributed by atoms with Crippen LogP contribution in [-0.2, 0) is 15.1 Å². The molecule has 0 aliphatic carbocycles. The van der Waals surface area contributed by atoms with Gasteiger partial charge in [-0.2, -0.15) is 5.01 Å². The van der Waals surface area contributed by atoms with Crippen molar-refractivity contribution >= 4 is 29.4 Å². The van der Waals surface area contributed by atoms with Crippen LogP contribution in [0.15, 0.2) is 42.5 Å². The van der Waals surface area contributed by atoms with Gasteiger partial charge in [0.05, 0.1) is 7.11 Å². The lowest BCUT2D eigenvalue weighted by Gasteiger charge is -2.22. The van der Waals surface area contributed by atoms with Gasteiger partial charge < -0.3 is 14.8 Å². The number of amides is 4. The molecule has 0 bridgehead atoms. The van der Waals surface area contributed by atoms with Gasteiger partial charge in [-0.25, -0.2) is 4.79 Å². The lowest BCUT2D eigenvalue weighted by molar-refractivity contribution is -0.139. The summed E-state index contributed by atoms with van der Waals surface area (Å²) in [5, 5.41) is 3.84. The van der Waals surface area contributed by atoms with Gasteiger partial charge in [-0.15, -0.1) is 0 Å². The Hall–Kier alpha value is -3.26. The number of halogens is 1. The molecule has 9 heteroatoms. The van der Waals surface area contributed by atoms with Crippen LogP contribution in [0.2, 0.25) is 5.02 Å². The number of benzene rings is 2. The summed E-state index contributed by atoms with van der Waals surface area (Å²) in [6.07, 6.45) is 0. The summed E-state index contributed by atoms with van der Waals surface area (Å²) in [4.78, 5) is 37.3. The van der Waals surface area contributed by atoms with E-state index in [4.69, 9.17) is 21.1 Å². The molecule has 2 aromatic carbocycles. The van der Waals surface area contributed by atoms with Crippen LogP contribution in [0.3, 0.4) is 0 Å². The summed E-state index contributed by atoms with van der Waals surface area (Å²) in [5.41, 5.74) is 2.32. The van der Waals surface area contributed by atoms with Crippen LogP contribution in [-0.4, -0.2) is 36.6 Å². The van der Waals surface area contributed by atoms with E-state index in [-0.39, 0.29) is 6.61 Å². The molecule has 0 spiro atoms. The second kappa shape index (κ2) is 8.00. The van der Waals surface area contributed by atoms with Crippen molar-refractivity contribution in [3.8, 4) is 11.5 Å². The number of urea groups is 1. The first kappa shape index (κ1) is 20.5. The van der Waals surface area contributed by atoms with Gasteiger partial charge in [0.15, 0.2) is 6.61 Å². The number of hydrazine groups is 1. The van der Waals surface area contributed by atoms with Gasteiger partial charge in [-0.1, -0.05) is 23.7 Å². The molecule has 0 saturated carbocycles. The van der Waals surface area contributed by atoms with Crippen molar-refractivity contribution in [2.45, 2.75) is 19.4 Å². The fourth-order valence-corrected chi connectivity index (χ4v) is 2.99. The van der Waals surface area contributed by atoms with Gasteiger partial charge in [0, 0.05) is 5.02 Å². The van der Waals surface area contributed by atoms with Crippen molar-refractivity contribution in [2.24, 2.45) is 0 Å². The normalized spacial score (nSPS) is 18.4. The molecule has 29 heavy (non-hydrogen) atoms. The third-order valence-electron chi connectivity index (χ3n) is 4.59. The maximum atomic E-state index is 12.8. The molecule has 0 radical (unpaired) electrons. The molecule has 0 aromatic heterocycles. The zero-order valence-corrected chi connectivity index (χ0v) is 16.9. The van der Waals surface area contributed by atoms with Crippen LogP contribution in [0.25, 0.3) is 0 Å². The molecule has 1 atom stereocenters. The Morgan fingerprint density at radius 2 is 1.83 bits per heavy atom. The second-order valence-corrected chi connectivity index (χ2v) is 7.07. The van der Waals surface area contributed by atoms with E-state index in [1.165, 1.54) is 7.11 Å². The number of imide groups is 1. The minimum Gasteiger partial charge on any atom is -0.497 e. The Kier molecular flexibility index (Phi) is 5.65. The molecule has 152 valence electrons. The SMILES string of the molecule is COc1ccc([C@@]2(C)NC(=O)N(NC(=O)COc3ccc(Cl)c(C)c3)C2=O)cc1. The zero-order valence-electron chi connectivity index (χ0n) is 16.1. The van der Waals surface area contributed by atoms with Crippen molar-refractivity contribution in [2.75, 3.05) is 13.7 Å². The van der Waals surface area contributed by atoms with Crippen LogP contribution in [0.4, 0.5) is 4.79 Å². The number of aryl methyl sites for hydroxylation is 1. The largest absolute Gasteiger partial charge is 0.497 e. The number of hydrogen-bond acceptors (Lipinski definition) is 5. The van der Waals surface area contributed by atoms with Crippen LogP contribution >= 0.6 is 11.6 Å². The first-order chi connectivity index (χ1) is 13.7. The Balaban J connectivity index is 1.65. The van der Waals surface area contributed by atoms with Crippen LogP contribution < -0.4 is 20.2 Å². The van der Waals surface area contributed by atoms with Crippen molar-refractivity contribution in [3.63, 3.8) is 0 Å². The number of ether oxygens (including phenoxy) is 2. The van der Waals surface area contributed by atoms with Crippen molar-refractivity contribution in [1.29, 1.82) is 0 Å². The van der Waals surface area contributed by atoms with E-state index < -0.39 is 23.4 Å². The smallest absolute Gasteiger partial charge is 0.344 e. The van der Waals surface area contributed by atoms with E-state index in [1.807, 2.05) is 6.92 Å². The molecule has 3 rings (SSSR count). The fraction of sp³-hybridized carbons (Fsp3) is 0.250. The topological polar surface area (TPSA) is 97.0 Å². The number of nitrogens with zero attached hydrogens (tertiary/aromatic N) is 1. The average Bonchev–Trinajstić information content (AvgIpc) is 2.93. The van der Waals surface area contributed by atoms with E-state index in [0.717, 1.165) is 5.56 Å². The monoisotopic (exact) mass is 417 g/mol. The summed E-state index contributed by atoms with van der Waals surface area (Å²) in [6, 6.07) is 10.9. The average molecular weight is 418 g/mol. The highest BCUT2D eigenvalue weighted by atomic mass is 35.5. The Bertz CT molecular complexity index is 963. The summed E-state index contributed by atoms with van der Waals surface area (Å²) in [7, 11) is 1.53. The third kappa shape index (κ3) is 4.12. The summed E-state index contributed by atoms with van der Waals surface area (Å²) < 4.78 is 10.5. The van der Waals surface area contributed by atoms with Crippen LogP contribution in [0.1, 0.15) is 18.1 Å². The Morgan fingerprint density at radius 3 is 2.45 bits per heavy atom. The van der Waals surface area contributed by atoms with Crippen molar-refractivity contribution in [1.82, 2.24) is 15.8 Å². The van der Waals surface area contributed by atoms with Gasteiger partial charge in [0.2, 0.25) is 0 Å². The third-order valence-corrected chi connectivity index (χ3v) is 5.02. The molecule has 1 aliphatic heterocycles. The first-order valence-electron chi connectivity index (χ1n) is 8.74. The predicted molar refractivity (Wildman–Crippen MR) is 106 cm³/mol. The van der Waals surface area contributed by atoms with Crippen molar-refractivity contribution in [3.05, 3.63) is 58.6 Å². The minimum absolute atomic E-state index is 0.378. The van der Waals surface area contributed by atoms with E-state index in [2.05, 4.69) is 10.7 Å². The molecule has 0 unspecified atom stereocenters. The number of hydrogen-bond donors (Lipinski definition) is 2. The van der Waals surface area contributed by atoms with Gasteiger partial charge in [-0.3, -0.25) is 15.0 Å². The van der Waals surface area contributed by atoms with E-state index in [9.17, 15) is 14.4 Å². The molecule has 8 nitrogen and oxygen atoms in total. The van der Waals surface area contributed by atoms with Crippen molar-refractivity contribution < 1.29 is 23.9 Å². The molecule has 1 fully saturated rings. The minimum atomic E-state index is -1.31. The molecule has 1 saturated heterocycles. The maximum absolute atomic E-state index is 12.8. The summed E-state index contributed by atoms with van der Waals surface area (Å²) in [5.74, 6) is -0.195. The predicted octanol–water partition coefficient (Wildman–Crippen LogP) is 2.53. The fourth-order valence-electron chi connectivity index (χ4n) is 2.87. The lowest BCUT2D eigenvalue weighted by Crippen LogP contribution is -2.49. The molecule has 1 aliphatic rings. The molecule has 2 N–H and O–H groups in total. The molecule has 2 aromatic rings. The van der Waals surface area contributed by atoms with E-state index in [0.29, 0.717) is 27.1 Å². The zero-order chi connectivity index (χ0) is 21.2. The Morgan fingerprint density at radius 1 is 1.17 bits per heavy atom. The quantitative estimate of drug-likeness (QED) is 0.704. The van der Waals surface area contributed by atoms with Gasteiger partial charge in [0.1, 0.15) is 17.0 Å². The van der Waals surface area contributed by atoms with Crippen LogP contribution in [0.5, 0.6) is 11.5 Å². The maximum Gasteiger partial charge on any atom is 0.344 e. The Labute approximate surface area is 172 Å². The van der Waals surface area contributed by atoms with Gasteiger partial charge >= 0.3 is 6.03 Å². The second-order valence-electron chi connectivity index (χ2n) is 6.66. The standard InChI is InChI=1S/C20H20ClN3O5/c1-12-10-15(8-9-16(12)21)29-11-17(25)23-24-18(26)20(2,22-19(24)27)13-4-6-14(28-3)7-5-13/h4-10H,11H2,1-3H3,(H,22,27)(H,23,25)/t20-/m1/s1. The number of carbonyl (C=O) groups is 3. The number of nitrogens with one attached hydrogen (secondary N) is 2. The highest BCUT2D eigenvalue weighted by Crippen LogP contribution is 2.29. The molecule has 1 heterocycles. The number of methoxy groups -OCH3 is 1. The number of carbonyl (C=O) groups excluding carboxylic acids is 3. The van der Waals surface area contributed by atoms with Crippen LogP contribution in [0, 0.1) is 6.92 Å².